The average molecular weight is 398 g/mol. The van der Waals surface area contributed by atoms with E-state index in [1.807, 2.05) is 6.07 Å². The number of fused-ring (bicyclic) bond motifs is 4. The summed E-state index contributed by atoms with van der Waals surface area (Å²) >= 11 is 5.87. The first kappa shape index (κ1) is 17.4. The molecule has 28 heavy (non-hydrogen) atoms. The largest absolute Gasteiger partial charge is 0.366 e. The fourth-order valence-corrected chi connectivity index (χ4v) is 4.05. The average Bonchev–Trinajstić information content (AvgIpc) is 3.41. The van der Waals surface area contributed by atoms with E-state index in [2.05, 4.69) is 20.2 Å². The predicted octanol–water partition coefficient (Wildman–Crippen LogP) is 3.74. The third-order valence-corrected chi connectivity index (χ3v) is 5.81. The molecule has 1 atom stereocenters. The van der Waals surface area contributed by atoms with E-state index in [0.717, 1.165) is 38.0 Å². The number of ketones is 1. The molecule has 2 amide bonds. The van der Waals surface area contributed by atoms with Gasteiger partial charge in [0.25, 0.3) is 0 Å². The standard InChI is InChI=1S/C20H20ClN5O2/c21-13-3-6-18(22-10-13)24-20(28)26-14-7-8-25(11-14)16-5-4-15(23-19(16)26)17(27)9-12-1-2-12/h3-6,10,12,14H,1-2,7-9,11H2,(H,22,24,28)/t14-/m0/s1. The van der Waals surface area contributed by atoms with E-state index < -0.39 is 0 Å². The Balaban J connectivity index is 1.45. The number of hydrogen-bond donors (Lipinski definition) is 1. The zero-order valence-corrected chi connectivity index (χ0v) is 16.0. The topological polar surface area (TPSA) is 78.4 Å². The van der Waals surface area contributed by atoms with Crippen molar-refractivity contribution in [2.45, 2.75) is 31.7 Å². The predicted molar refractivity (Wildman–Crippen MR) is 107 cm³/mol. The molecule has 0 unspecified atom stereocenters. The molecular weight excluding hydrogens is 378 g/mol. The van der Waals surface area contributed by atoms with Gasteiger partial charge in [0.15, 0.2) is 11.6 Å². The Morgan fingerprint density at radius 3 is 2.79 bits per heavy atom. The Morgan fingerprint density at radius 1 is 1.18 bits per heavy atom. The first-order valence-electron chi connectivity index (χ1n) is 9.59. The molecular formula is C20H20ClN5O2. The number of carbonyl (C=O) groups excluding carboxylic acids is 2. The molecule has 144 valence electrons. The highest BCUT2D eigenvalue weighted by atomic mass is 35.5. The molecule has 4 heterocycles. The lowest BCUT2D eigenvalue weighted by molar-refractivity contribution is 0.0971. The Labute approximate surface area is 167 Å². The molecule has 7 nitrogen and oxygen atoms in total. The molecule has 1 saturated heterocycles. The molecule has 2 aliphatic heterocycles. The van der Waals surface area contributed by atoms with Crippen molar-refractivity contribution in [3.63, 3.8) is 0 Å². The molecule has 1 aliphatic carbocycles. The quantitative estimate of drug-likeness (QED) is 0.795. The van der Waals surface area contributed by atoms with Crippen LogP contribution in [0.15, 0.2) is 30.5 Å². The summed E-state index contributed by atoms with van der Waals surface area (Å²) in [7, 11) is 0. The normalized spacial score (nSPS) is 20.1. The number of Topliss-reactive ketones (excluding diaryl/α,β-unsaturated/α-hetero) is 1. The van der Waals surface area contributed by atoms with Gasteiger partial charge in [-0.3, -0.25) is 15.0 Å². The van der Waals surface area contributed by atoms with Gasteiger partial charge in [-0.1, -0.05) is 11.6 Å². The number of nitrogens with one attached hydrogen (secondary N) is 1. The minimum atomic E-state index is -0.290. The minimum Gasteiger partial charge on any atom is -0.366 e. The number of aromatic nitrogens is 2. The van der Waals surface area contributed by atoms with Gasteiger partial charge in [-0.25, -0.2) is 14.8 Å². The van der Waals surface area contributed by atoms with Gasteiger partial charge in [-0.15, -0.1) is 0 Å². The van der Waals surface area contributed by atoms with Crippen molar-refractivity contribution >= 4 is 40.7 Å². The third kappa shape index (κ3) is 3.20. The Morgan fingerprint density at radius 2 is 2.04 bits per heavy atom. The number of anilines is 3. The van der Waals surface area contributed by atoms with Crippen molar-refractivity contribution < 1.29 is 9.59 Å². The zero-order chi connectivity index (χ0) is 19.3. The summed E-state index contributed by atoms with van der Waals surface area (Å²) in [4.78, 5) is 38.3. The van der Waals surface area contributed by atoms with Crippen LogP contribution in [0.4, 0.5) is 22.1 Å². The van der Waals surface area contributed by atoms with Crippen LogP contribution in [-0.2, 0) is 0 Å². The minimum absolute atomic E-state index is 0.0288. The van der Waals surface area contributed by atoms with E-state index in [1.165, 1.54) is 6.20 Å². The molecule has 3 aliphatic rings. The molecule has 5 rings (SSSR count). The summed E-state index contributed by atoms with van der Waals surface area (Å²) in [5.74, 6) is 1.54. The van der Waals surface area contributed by atoms with Crippen LogP contribution in [0.5, 0.6) is 0 Å². The van der Waals surface area contributed by atoms with Crippen LogP contribution in [0.1, 0.15) is 36.2 Å². The van der Waals surface area contributed by atoms with Crippen molar-refractivity contribution in [2.75, 3.05) is 28.2 Å². The number of amides is 2. The molecule has 2 aromatic heterocycles. The number of carbonyl (C=O) groups is 2. The summed E-state index contributed by atoms with van der Waals surface area (Å²) < 4.78 is 0. The number of nitrogens with zero attached hydrogens (tertiary/aromatic N) is 4. The van der Waals surface area contributed by atoms with Crippen LogP contribution in [-0.4, -0.2) is 40.9 Å². The van der Waals surface area contributed by atoms with Crippen molar-refractivity contribution in [1.29, 1.82) is 0 Å². The molecule has 2 aromatic rings. The maximum Gasteiger partial charge on any atom is 0.329 e. The second kappa shape index (κ2) is 6.74. The summed E-state index contributed by atoms with van der Waals surface area (Å²) in [6.45, 7) is 1.64. The fraction of sp³-hybridized carbons (Fsp3) is 0.400. The molecule has 1 N–H and O–H groups in total. The van der Waals surface area contributed by atoms with E-state index in [9.17, 15) is 9.59 Å². The Bertz CT molecular complexity index is 944. The summed E-state index contributed by atoms with van der Waals surface area (Å²) in [5.41, 5.74) is 1.34. The number of rotatable bonds is 4. The third-order valence-electron chi connectivity index (χ3n) is 5.59. The van der Waals surface area contributed by atoms with Crippen molar-refractivity contribution in [3.8, 4) is 0 Å². The molecule has 8 heteroatoms. The van der Waals surface area contributed by atoms with Gasteiger partial charge >= 0.3 is 6.03 Å². The SMILES string of the molecule is O=C(CC1CC1)c1ccc2c(n1)N(C(=O)Nc1ccc(Cl)cn1)[C@H]1CCN2C1. The number of urea groups is 1. The zero-order valence-electron chi connectivity index (χ0n) is 15.3. The van der Waals surface area contributed by atoms with Gasteiger partial charge in [0, 0.05) is 25.7 Å². The van der Waals surface area contributed by atoms with Crippen LogP contribution in [0.3, 0.4) is 0 Å². The lowest BCUT2D eigenvalue weighted by Gasteiger charge is -2.35. The summed E-state index contributed by atoms with van der Waals surface area (Å²) in [6, 6.07) is 6.79. The van der Waals surface area contributed by atoms with Crippen LogP contribution >= 0.6 is 11.6 Å². The number of pyridine rings is 2. The Kier molecular flexibility index (Phi) is 4.19. The summed E-state index contributed by atoms with van der Waals surface area (Å²) in [6.07, 6.45) is 5.14. The maximum absolute atomic E-state index is 13.1. The highest BCUT2D eigenvalue weighted by Crippen LogP contribution is 2.40. The van der Waals surface area contributed by atoms with Crippen LogP contribution in [0.2, 0.25) is 5.02 Å². The number of halogens is 1. The second-order valence-corrected chi connectivity index (χ2v) is 8.10. The van der Waals surface area contributed by atoms with E-state index in [1.54, 1.807) is 23.1 Å². The first-order valence-corrected chi connectivity index (χ1v) is 9.97. The number of hydrogen-bond acceptors (Lipinski definition) is 5. The van der Waals surface area contributed by atoms with Gasteiger partial charge in [0.1, 0.15) is 11.5 Å². The first-order chi connectivity index (χ1) is 13.6. The summed E-state index contributed by atoms with van der Waals surface area (Å²) in [5, 5.41) is 3.33. The van der Waals surface area contributed by atoms with Crippen LogP contribution in [0.25, 0.3) is 0 Å². The Hall–Kier alpha value is -2.67. The monoisotopic (exact) mass is 397 g/mol. The lowest BCUT2D eigenvalue weighted by Crippen LogP contribution is -2.48. The smallest absolute Gasteiger partial charge is 0.329 e. The van der Waals surface area contributed by atoms with Crippen molar-refractivity contribution in [1.82, 2.24) is 9.97 Å². The molecule has 2 bridgehead atoms. The van der Waals surface area contributed by atoms with Gasteiger partial charge in [-0.05, 0) is 49.4 Å². The highest BCUT2D eigenvalue weighted by molar-refractivity contribution is 6.30. The molecule has 0 aromatic carbocycles. The molecule has 2 fully saturated rings. The van der Waals surface area contributed by atoms with E-state index in [0.29, 0.717) is 34.7 Å². The maximum atomic E-state index is 13.1. The van der Waals surface area contributed by atoms with Crippen LogP contribution in [0, 0.1) is 5.92 Å². The second-order valence-electron chi connectivity index (χ2n) is 7.66. The van der Waals surface area contributed by atoms with Gasteiger partial charge in [-0.2, -0.15) is 0 Å². The fourth-order valence-electron chi connectivity index (χ4n) is 3.94. The van der Waals surface area contributed by atoms with Gasteiger partial charge in [0.2, 0.25) is 0 Å². The van der Waals surface area contributed by atoms with E-state index in [-0.39, 0.29) is 17.9 Å². The van der Waals surface area contributed by atoms with E-state index >= 15 is 0 Å². The van der Waals surface area contributed by atoms with Gasteiger partial charge < -0.3 is 4.90 Å². The lowest BCUT2D eigenvalue weighted by atomic mass is 10.1. The van der Waals surface area contributed by atoms with Crippen molar-refractivity contribution in [3.05, 3.63) is 41.2 Å². The van der Waals surface area contributed by atoms with Gasteiger partial charge in [0.05, 0.1) is 16.8 Å². The van der Waals surface area contributed by atoms with E-state index in [4.69, 9.17) is 11.6 Å². The van der Waals surface area contributed by atoms with Crippen LogP contribution < -0.4 is 15.1 Å². The van der Waals surface area contributed by atoms with Crippen molar-refractivity contribution in [2.24, 2.45) is 5.92 Å². The molecule has 0 radical (unpaired) electrons. The molecule has 0 spiro atoms. The molecule has 1 saturated carbocycles. The highest BCUT2D eigenvalue weighted by Gasteiger charge is 2.40.